The average Bonchev–Trinajstić information content (AvgIpc) is 2.91. The Hall–Kier alpha value is -1.57. The molecule has 0 radical (unpaired) electrons. The second-order valence-electron chi connectivity index (χ2n) is 5.02. The molecular weight excluding hydrogens is 380 g/mol. The number of hydrogen-bond acceptors (Lipinski definition) is 5. The van der Waals surface area contributed by atoms with Crippen LogP contribution in [0, 0.1) is 0 Å². The van der Waals surface area contributed by atoms with Gasteiger partial charge < -0.3 is 14.8 Å². The molecule has 0 aliphatic heterocycles. The summed E-state index contributed by atoms with van der Waals surface area (Å²) in [5, 5.41) is 4.90. The lowest BCUT2D eigenvalue weighted by molar-refractivity contribution is -0.117. The number of amides is 1. The summed E-state index contributed by atoms with van der Waals surface area (Å²) >= 11 is 5.10. The first kappa shape index (κ1) is 17.8. The smallest absolute Gasteiger partial charge is 0.238 e. The van der Waals surface area contributed by atoms with E-state index in [-0.39, 0.29) is 12.5 Å². The highest BCUT2D eigenvalue weighted by Crippen LogP contribution is 2.28. The molecule has 23 heavy (non-hydrogen) atoms. The largest absolute Gasteiger partial charge is 0.497 e. The van der Waals surface area contributed by atoms with Gasteiger partial charge in [0.1, 0.15) is 11.5 Å². The van der Waals surface area contributed by atoms with Crippen LogP contribution in [0.5, 0.6) is 11.5 Å². The van der Waals surface area contributed by atoms with E-state index < -0.39 is 0 Å². The number of carbonyl (C=O) groups is 1. The van der Waals surface area contributed by atoms with Crippen LogP contribution in [0.1, 0.15) is 4.88 Å². The van der Waals surface area contributed by atoms with E-state index in [1.54, 1.807) is 43.8 Å². The molecule has 0 fully saturated rings. The molecule has 1 heterocycles. The third-order valence-electron chi connectivity index (χ3n) is 3.14. The Kier molecular flexibility index (Phi) is 6.44. The van der Waals surface area contributed by atoms with Crippen molar-refractivity contribution in [3.05, 3.63) is 39.0 Å². The molecule has 0 unspecified atom stereocenters. The number of thiophene rings is 1. The summed E-state index contributed by atoms with van der Waals surface area (Å²) in [6, 6.07) is 7.36. The van der Waals surface area contributed by atoms with Gasteiger partial charge in [0, 0.05) is 27.3 Å². The third kappa shape index (κ3) is 5.23. The Morgan fingerprint density at radius 2 is 2.09 bits per heavy atom. The van der Waals surface area contributed by atoms with E-state index in [2.05, 4.69) is 27.3 Å². The fourth-order valence-corrected chi connectivity index (χ4v) is 3.64. The van der Waals surface area contributed by atoms with Crippen LogP contribution in [0.3, 0.4) is 0 Å². The lowest BCUT2D eigenvalue weighted by Crippen LogP contribution is -2.29. The van der Waals surface area contributed by atoms with Crippen molar-refractivity contribution in [2.45, 2.75) is 6.54 Å². The number of hydrogen-bond donors (Lipinski definition) is 1. The Morgan fingerprint density at radius 3 is 2.70 bits per heavy atom. The first-order valence-electron chi connectivity index (χ1n) is 6.95. The molecular formula is C16H19BrN2O3S. The Labute approximate surface area is 148 Å². The summed E-state index contributed by atoms with van der Waals surface area (Å²) in [4.78, 5) is 15.4. The van der Waals surface area contributed by atoms with Gasteiger partial charge in [0.05, 0.1) is 26.5 Å². The fourth-order valence-electron chi connectivity index (χ4n) is 2.11. The van der Waals surface area contributed by atoms with E-state index in [1.807, 2.05) is 17.3 Å². The number of likely N-dealkylation sites (N-methyl/N-ethyl adjacent to an activating group) is 1. The average molecular weight is 399 g/mol. The molecule has 7 heteroatoms. The SMILES string of the molecule is COc1ccc(OC)c(NC(=O)CN(C)Cc2cc(Br)cs2)c1. The van der Waals surface area contributed by atoms with Gasteiger partial charge in [0.25, 0.3) is 0 Å². The fraction of sp³-hybridized carbons (Fsp3) is 0.312. The molecule has 0 aliphatic rings. The predicted octanol–water partition coefficient (Wildman–Crippen LogP) is 3.60. The first-order chi connectivity index (χ1) is 11.0. The van der Waals surface area contributed by atoms with Crippen LogP contribution < -0.4 is 14.8 Å². The second-order valence-corrected chi connectivity index (χ2v) is 6.93. The summed E-state index contributed by atoms with van der Waals surface area (Å²) in [5.41, 5.74) is 0.601. The maximum atomic E-state index is 12.2. The van der Waals surface area contributed by atoms with Crippen LogP contribution in [-0.2, 0) is 11.3 Å². The quantitative estimate of drug-likeness (QED) is 0.773. The Balaban J connectivity index is 1.96. The van der Waals surface area contributed by atoms with Crippen LogP contribution in [-0.4, -0.2) is 38.6 Å². The molecule has 1 aromatic heterocycles. The topological polar surface area (TPSA) is 50.8 Å². The minimum atomic E-state index is -0.102. The summed E-state index contributed by atoms with van der Waals surface area (Å²) in [5.74, 6) is 1.16. The monoisotopic (exact) mass is 398 g/mol. The van der Waals surface area contributed by atoms with Crippen molar-refractivity contribution in [3.63, 3.8) is 0 Å². The molecule has 1 amide bonds. The zero-order valence-corrected chi connectivity index (χ0v) is 15.7. The van der Waals surface area contributed by atoms with Gasteiger partial charge in [-0.1, -0.05) is 0 Å². The Morgan fingerprint density at radius 1 is 1.30 bits per heavy atom. The first-order valence-corrected chi connectivity index (χ1v) is 8.62. The van der Waals surface area contributed by atoms with Crippen LogP contribution >= 0.6 is 27.3 Å². The van der Waals surface area contributed by atoms with Crippen LogP contribution in [0.4, 0.5) is 5.69 Å². The molecule has 2 rings (SSSR count). The van der Waals surface area contributed by atoms with Crippen molar-refractivity contribution in [1.29, 1.82) is 0 Å². The lowest BCUT2D eigenvalue weighted by atomic mass is 10.2. The van der Waals surface area contributed by atoms with Gasteiger partial charge in [0.15, 0.2) is 0 Å². The van der Waals surface area contributed by atoms with Crippen LogP contribution in [0.15, 0.2) is 34.1 Å². The van der Waals surface area contributed by atoms with Crippen molar-refractivity contribution < 1.29 is 14.3 Å². The summed E-state index contributed by atoms with van der Waals surface area (Å²) in [6.07, 6.45) is 0. The normalized spacial score (nSPS) is 10.7. The number of nitrogens with zero attached hydrogens (tertiary/aromatic N) is 1. The molecule has 1 aromatic carbocycles. The molecule has 1 N–H and O–H groups in total. The van der Waals surface area contributed by atoms with E-state index >= 15 is 0 Å². The van der Waals surface area contributed by atoms with Crippen molar-refractivity contribution in [1.82, 2.24) is 4.90 Å². The van der Waals surface area contributed by atoms with Crippen LogP contribution in [0.2, 0.25) is 0 Å². The van der Waals surface area contributed by atoms with Gasteiger partial charge in [-0.05, 0) is 41.2 Å². The highest BCUT2D eigenvalue weighted by atomic mass is 79.9. The molecule has 0 saturated heterocycles. The number of carbonyl (C=O) groups excluding carboxylic acids is 1. The molecule has 5 nitrogen and oxygen atoms in total. The number of methoxy groups -OCH3 is 2. The number of halogens is 1. The van der Waals surface area contributed by atoms with E-state index in [0.717, 1.165) is 11.0 Å². The molecule has 0 saturated carbocycles. The number of anilines is 1. The summed E-state index contributed by atoms with van der Waals surface area (Å²) < 4.78 is 11.5. The van der Waals surface area contributed by atoms with Crippen molar-refractivity contribution in [2.75, 3.05) is 33.1 Å². The van der Waals surface area contributed by atoms with Crippen molar-refractivity contribution in [2.24, 2.45) is 0 Å². The van der Waals surface area contributed by atoms with Gasteiger partial charge in [-0.25, -0.2) is 0 Å². The molecule has 0 bridgehead atoms. The third-order valence-corrected chi connectivity index (χ3v) is 4.82. The van der Waals surface area contributed by atoms with Gasteiger partial charge in [-0.3, -0.25) is 9.69 Å². The van der Waals surface area contributed by atoms with Gasteiger partial charge in [-0.2, -0.15) is 0 Å². The maximum absolute atomic E-state index is 12.2. The van der Waals surface area contributed by atoms with E-state index in [0.29, 0.717) is 17.2 Å². The minimum absolute atomic E-state index is 0.102. The maximum Gasteiger partial charge on any atom is 0.238 e. The van der Waals surface area contributed by atoms with Gasteiger partial charge in [-0.15, -0.1) is 11.3 Å². The van der Waals surface area contributed by atoms with E-state index in [1.165, 1.54) is 4.88 Å². The molecule has 0 atom stereocenters. The van der Waals surface area contributed by atoms with Crippen molar-refractivity contribution >= 4 is 38.9 Å². The molecule has 2 aromatic rings. The Bertz CT molecular complexity index is 675. The zero-order valence-electron chi connectivity index (χ0n) is 13.3. The number of nitrogens with one attached hydrogen (secondary N) is 1. The minimum Gasteiger partial charge on any atom is -0.497 e. The van der Waals surface area contributed by atoms with Gasteiger partial charge >= 0.3 is 0 Å². The highest BCUT2D eigenvalue weighted by molar-refractivity contribution is 9.10. The van der Waals surface area contributed by atoms with Gasteiger partial charge in [0.2, 0.25) is 5.91 Å². The highest BCUT2D eigenvalue weighted by Gasteiger charge is 2.12. The zero-order chi connectivity index (χ0) is 16.8. The number of benzene rings is 1. The lowest BCUT2D eigenvalue weighted by Gasteiger charge is -2.16. The van der Waals surface area contributed by atoms with E-state index in [9.17, 15) is 4.79 Å². The predicted molar refractivity (Wildman–Crippen MR) is 96.5 cm³/mol. The van der Waals surface area contributed by atoms with E-state index in [4.69, 9.17) is 9.47 Å². The summed E-state index contributed by atoms with van der Waals surface area (Å²) in [7, 11) is 5.06. The number of rotatable bonds is 7. The molecule has 0 aliphatic carbocycles. The van der Waals surface area contributed by atoms with Crippen molar-refractivity contribution in [3.8, 4) is 11.5 Å². The summed E-state index contributed by atoms with van der Waals surface area (Å²) in [6.45, 7) is 1.01. The second kappa shape index (κ2) is 8.33. The number of ether oxygens (including phenoxy) is 2. The van der Waals surface area contributed by atoms with Crippen LogP contribution in [0.25, 0.3) is 0 Å². The molecule has 0 spiro atoms. The standard InChI is InChI=1S/C16H19BrN2O3S/c1-19(8-13-6-11(17)10-23-13)9-16(20)18-14-7-12(21-2)4-5-15(14)22-3/h4-7,10H,8-9H2,1-3H3,(H,18,20). The molecule has 124 valence electrons.